The molecule has 0 N–H and O–H groups in total. The van der Waals surface area contributed by atoms with E-state index in [2.05, 4.69) is 28.3 Å². The molecule has 0 spiro atoms. The van der Waals surface area contributed by atoms with Crippen molar-refractivity contribution in [3.05, 3.63) is 82.3 Å². The maximum atomic E-state index is 13.0. The van der Waals surface area contributed by atoms with Gasteiger partial charge in [-0.1, -0.05) is 36.4 Å². The van der Waals surface area contributed by atoms with E-state index in [9.17, 15) is 4.79 Å². The maximum Gasteiger partial charge on any atom is 0.346 e. The van der Waals surface area contributed by atoms with E-state index in [1.165, 1.54) is 11.1 Å². The average molecular weight is 332 g/mol. The van der Waals surface area contributed by atoms with Gasteiger partial charge >= 0.3 is 5.69 Å². The van der Waals surface area contributed by atoms with Crippen LogP contribution in [0, 0.1) is 0 Å². The van der Waals surface area contributed by atoms with Gasteiger partial charge < -0.3 is 0 Å². The standard InChI is InChI=1S/C20H20N4O/c25-20-23-18(14-5-2-1-3-6-14)8-9-19(23)22-24(20)17-11-16(12-17)15-7-4-10-21-13-15/h1-7,10,13,16-18H,8-9,11-12H2/t16?,17?,18-/m0/s1. The number of hydrogen-bond donors (Lipinski definition) is 0. The molecule has 2 aromatic heterocycles. The summed E-state index contributed by atoms with van der Waals surface area (Å²) in [7, 11) is 0. The van der Waals surface area contributed by atoms with Gasteiger partial charge in [-0.05, 0) is 42.4 Å². The summed E-state index contributed by atoms with van der Waals surface area (Å²) in [6, 6.07) is 14.7. The van der Waals surface area contributed by atoms with Gasteiger partial charge in [0.25, 0.3) is 0 Å². The minimum Gasteiger partial charge on any atom is -0.271 e. The zero-order valence-corrected chi connectivity index (χ0v) is 14.0. The Hall–Kier alpha value is -2.69. The SMILES string of the molecule is O=c1n(C2CC(c3cccnc3)C2)nc2n1[C@H](c1ccccc1)CC2. The monoisotopic (exact) mass is 332 g/mol. The van der Waals surface area contributed by atoms with E-state index in [0.717, 1.165) is 31.5 Å². The summed E-state index contributed by atoms with van der Waals surface area (Å²) in [6.45, 7) is 0. The molecule has 0 saturated heterocycles. The molecule has 126 valence electrons. The van der Waals surface area contributed by atoms with Crippen LogP contribution in [0.1, 0.15) is 54.2 Å². The van der Waals surface area contributed by atoms with Crippen LogP contribution in [0.4, 0.5) is 0 Å². The fourth-order valence-corrected chi connectivity index (χ4v) is 4.22. The molecular weight excluding hydrogens is 312 g/mol. The van der Waals surface area contributed by atoms with Crippen molar-refractivity contribution < 1.29 is 0 Å². The summed E-state index contributed by atoms with van der Waals surface area (Å²) >= 11 is 0. The minimum absolute atomic E-state index is 0.0518. The zero-order chi connectivity index (χ0) is 16.8. The van der Waals surface area contributed by atoms with Crippen molar-refractivity contribution in [3.8, 4) is 0 Å². The van der Waals surface area contributed by atoms with E-state index in [-0.39, 0.29) is 17.8 Å². The Bertz CT molecular complexity index is 939. The second-order valence-corrected chi connectivity index (χ2v) is 7.09. The second kappa shape index (κ2) is 5.69. The van der Waals surface area contributed by atoms with Crippen molar-refractivity contribution in [2.24, 2.45) is 0 Å². The van der Waals surface area contributed by atoms with Crippen LogP contribution in [-0.4, -0.2) is 19.3 Å². The molecule has 0 unspecified atom stereocenters. The molecule has 1 aromatic carbocycles. The number of nitrogens with zero attached hydrogens (tertiary/aromatic N) is 4. The normalized spacial score (nSPS) is 24.7. The highest BCUT2D eigenvalue weighted by atomic mass is 16.2. The molecule has 1 aliphatic carbocycles. The van der Waals surface area contributed by atoms with Gasteiger partial charge in [0.15, 0.2) is 0 Å². The first kappa shape index (κ1) is 14.6. The molecule has 5 nitrogen and oxygen atoms in total. The van der Waals surface area contributed by atoms with Crippen molar-refractivity contribution >= 4 is 0 Å². The first-order valence-electron chi connectivity index (χ1n) is 8.96. The van der Waals surface area contributed by atoms with Gasteiger partial charge in [-0.3, -0.25) is 9.55 Å². The lowest BCUT2D eigenvalue weighted by molar-refractivity contribution is 0.236. The van der Waals surface area contributed by atoms with Crippen molar-refractivity contribution in [2.75, 3.05) is 0 Å². The fraction of sp³-hybridized carbons (Fsp3) is 0.350. The van der Waals surface area contributed by atoms with Crippen LogP contribution >= 0.6 is 0 Å². The summed E-state index contributed by atoms with van der Waals surface area (Å²) in [5, 5.41) is 4.67. The molecular formula is C20H20N4O. The third kappa shape index (κ3) is 2.34. The van der Waals surface area contributed by atoms with Gasteiger partial charge in [0, 0.05) is 18.8 Å². The number of aryl methyl sites for hydroxylation is 1. The molecule has 1 atom stereocenters. The van der Waals surface area contributed by atoms with Crippen LogP contribution in [0.25, 0.3) is 0 Å². The predicted molar refractivity (Wildman–Crippen MR) is 94.6 cm³/mol. The van der Waals surface area contributed by atoms with E-state index in [1.807, 2.05) is 35.0 Å². The Morgan fingerprint density at radius 2 is 1.80 bits per heavy atom. The Labute approximate surface area is 146 Å². The molecule has 0 amide bonds. The Morgan fingerprint density at radius 3 is 2.56 bits per heavy atom. The molecule has 3 heterocycles. The first-order valence-corrected chi connectivity index (χ1v) is 8.96. The quantitative estimate of drug-likeness (QED) is 0.740. The number of benzene rings is 1. The van der Waals surface area contributed by atoms with E-state index in [1.54, 1.807) is 10.9 Å². The molecule has 0 radical (unpaired) electrons. The molecule has 1 fully saturated rings. The number of fused-ring (bicyclic) bond motifs is 1. The predicted octanol–water partition coefficient (Wildman–Crippen LogP) is 3.09. The van der Waals surface area contributed by atoms with E-state index in [4.69, 9.17) is 0 Å². The zero-order valence-electron chi connectivity index (χ0n) is 14.0. The largest absolute Gasteiger partial charge is 0.346 e. The lowest BCUT2D eigenvalue weighted by Gasteiger charge is -2.34. The molecule has 5 rings (SSSR count). The van der Waals surface area contributed by atoms with E-state index < -0.39 is 0 Å². The third-order valence-corrected chi connectivity index (χ3v) is 5.66. The van der Waals surface area contributed by atoms with Gasteiger partial charge in [-0.15, -0.1) is 0 Å². The average Bonchev–Trinajstić information content (AvgIpc) is 3.17. The molecule has 0 bridgehead atoms. The van der Waals surface area contributed by atoms with Crippen LogP contribution in [0.15, 0.2) is 59.7 Å². The molecule has 1 aliphatic heterocycles. The summed E-state index contributed by atoms with van der Waals surface area (Å²) < 4.78 is 3.64. The smallest absolute Gasteiger partial charge is 0.271 e. The summed E-state index contributed by atoms with van der Waals surface area (Å²) in [4.78, 5) is 17.2. The lowest BCUT2D eigenvalue weighted by Crippen LogP contribution is -2.35. The number of pyridine rings is 1. The summed E-state index contributed by atoms with van der Waals surface area (Å²) in [5.41, 5.74) is 2.52. The van der Waals surface area contributed by atoms with E-state index >= 15 is 0 Å². The third-order valence-electron chi connectivity index (χ3n) is 5.66. The van der Waals surface area contributed by atoms with Crippen LogP contribution in [0.5, 0.6) is 0 Å². The molecule has 1 saturated carbocycles. The van der Waals surface area contributed by atoms with Crippen LogP contribution in [0.2, 0.25) is 0 Å². The van der Waals surface area contributed by atoms with Crippen molar-refractivity contribution in [1.29, 1.82) is 0 Å². The first-order chi connectivity index (χ1) is 12.3. The number of aromatic nitrogens is 4. The molecule has 5 heteroatoms. The van der Waals surface area contributed by atoms with Crippen LogP contribution in [-0.2, 0) is 6.42 Å². The van der Waals surface area contributed by atoms with Crippen molar-refractivity contribution in [1.82, 2.24) is 19.3 Å². The van der Waals surface area contributed by atoms with Gasteiger partial charge in [-0.25, -0.2) is 9.48 Å². The van der Waals surface area contributed by atoms with Crippen molar-refractivity contribution in [3.63, 3.8) is 0 Å². The molecule has 25 heavy (non-hydrogen) atoms. The number of rotatable bonds is 3. The van der Waals surface area contributed by atoms with Crippen molar-refractivity contribution in [2.45, 2.75) is 43.7 Å². The summed E-state index contributed by atoms with van der Waals surface area (Å²) in [6.07, 6.45) is 7.51. The maximum absolute atomic E-state index is 13.0. The molecule has 2 aliphatic rings. The fourth-order valence-electron chi connectivity index (χ4n) is 4.22. The van der Waals surface area contributed by atoms with Gasteiger partial charge in [-0.2, -0.15) is 5.10 Å². The Balaban J connectivity index is 1.40. The highest BCUT2D eigenvalue weighted by Crippen LogP contribution is 2.44. The molecule has 3 aromatic rings. The lowest BCUT2D eigenvalue weighted by atomic mass is 9.76. The van der Waals surface area contributed by atoms with Crippen LogP contribution in [0.3, 0.4) is 0 Å². The highest BCUT2D eigenvalue weighted by molar-refractivity contribution is 5.23. The minimum atomic E-state index is 0.0518. The van der Waals surface area contributed by atoms with Crippen LogP contribution < -0.4 is 5.69 Å². The Kier molecular flexibility index (Phi) is 3.33. The second-order valence-electron chi connectivity index (χ2n) is 7.09. The number of hydrogen-bond acceptors (Lipinski definition) is 3. The van der Waals surface area contributed by atoms with E-state index in [0.29, 0.717) is 5.92 Å². The Morgan fingerprint density at radius 1 is 1.00 bits per heavy atom. The summed E-state index contributed by atoms with van der Waals surface area (Å²) in [5.74, 6) is 1.43. The van der Waals surface area contributed by atoms with Gasteiger partial charge in [0.2, 0.25) is 0 Å². The van der Waals surface area contributed by atoms with Gasteiger partial charge in [0.05, 0.1) is 12.1 Å². The highest BCUT2D eigenvalue weighted by Gasteiger charge is 2.37. The van der Waals surface area contributed by atoms with Gasteiger partial charge in [0.1, 0.15) is 5.82 Å². The topological polar surface area (TPSA) is 52.7 Å².